The van der Waals surface area contributed by atoms with E-state index >= 15 is 0 Å². The first-order valence-corrected chi connectivity index (χ1v) is 2.35. The minimum absolute atomic E-state index is 0. The Kier molecular flexibility index (Phi) is 6.12. The molecule has 0 aliphatic heterocycles. The van der Waals surface area contributed by atoms with Crippen molar-refractivity contribution in [2.45, 2.75) is 27.2 Å². The summed E-state index contributed by atoms with van der Waals surface area (Å²) in [5, 5.41) is 0. The van der Waals surface area contributed by atoms with Crippen LogP contribution in [0.1, 0.15) is 27.2 Å². The Morgan fingerprint density at radius 2 is 1.43 bits per heavy atom. The van der Waals surface area contributed by atoms with Gasteiger partial charge in [0, 0.05) is 0 Å². The van der Waals surface area contributed by atoms with Gasteiger partial charge in [-0.2, -0.15) is 0 Å². The van der Waals surface area contributed by atoms with Crippen LogP contribution in [-0.2, 0) is 0 Å². The zero-order valence-electron chi connectivity index (χ0n) is 4.91. The van der Waals surface area contributed by atoms with E-state index in [-0.39, 0.29) is 29.6 Å². The van der Waals surface area contributed by atoms with E-state index in [1.54, 1.807) is 0 Å². The molecule has 0 spiro atoms. The van der Waals surface area contributed by atoms with Crippen molar-refractivity contribution in [3.05, 3.63) is 6.92 Å². The first-order chi connectivity index (χ1) is 2.56. The van der Waals surface area contributed by atoms with Crippen molar-refractivity contribution in [2.24, 2.45) is 5.41 Å². The first kappa shape index (κ1) is 10.9. The van der Waals surface area contributed by atoms with Crippen LogP contribution < -0.4 is 0 Å². The molecule has 0 aromatic rings. The van der Waals surface area contributed by atoms with Crippen molar-refractivity contribution < 1.29 is 0 Å². The van der Waals surface area contributed by atoms with E-state index in [1.165, 1.54) is 0 Å². The van der Waals surface area contributed by atoms with Gasteiger partial charge in [-0.05, 0) is 11.8 Å². The zero-order valence-corrected chi connectivity index (χ0v) is 4.91. The quantitative estimate of drug-likeness (QED) is 0.414. The average molecular weight is 109 g/mol. The number of hydrogen-bond donors (Lipinski definition) is 0. The summed E-state index contributed by atoms with van der Waals surface area (Å²) in [6, 6.07) is 0. The second kappa shape index (κ2) is 3.94. The van der Waals surface area contributed by atoms with Crippen LogP contribution in [0.15, 0.2) is 0 Å². The van der Waals surface area contributed by atoms with Gasteiger partial charge in [0.25, 0.3) is 0 Å². The Labute approximate surface area is 69.0 Å². The molecule has 0 rings (SSSR count). The van der Waals surface area contributed by atoms with E-state index in [4.69, 9.17) is 0 Å². The summed E-state index contributed by atoms with van der Waals surface area (Å²) in [5.41, 5.74) is 0.431. The molecule has 0 aliphatic rings. The summed E-state index contributed by atoms with van der Waals surface area (Å²) in [4.78, 5) is 0. The van der Waals surface area contributed by atoms with Gasteiger partial charge in [-0.15, -0.1) is 0 Å². The molecule has 0 aliphatic carbocycles. The Bertz CT molecular complexity index is 33.9. The third-order valence-corrected chi connectivity index (χ3v) is 0.750. The van der Waals surface area contributed by atoms with Crippen LogP contribution in [0.25, 0.3) is 0 Å². The van der Waals surface area contributed by atoms with Crippen LogP contribution in [-0.4, -0.2) is 29.6 Å². The summed E-state index contributed by atoms with van der Waals surface area (Å²) >= 11 is 0. The number of rotatable bonds is 0. The summed E-state index contributed by atoms with van der Waals surface area (Å²) in [7, 11) is 0. The fourth-order valence-corrected chi connectivity index (χ4v) is 0. The maximum absolute atomic E-state index is 3.76. The van der Waals surface area contributed by atoms with Gasteiger partial charge in [-0.25, -0.2) is 0 Å². The summed E-state index contributed by atoms with van der Waals surface area (Å²) in [6.07, 6.45) is 1.02. The van der Waals surface area contributed by atoms with Crippen LogP contribution in [0.2, 0.25) is 0 Å². The Hall–Kier alpha value is 1.00. The molecule has 0 amide bonds. The van der Waals surface area contributed by atoms with Crippen molar-refractivity contribution in [3.8, 4) is 0 Å². The predicted octanol–water partition coefficient (Wildman–Crippen LogP) is 1.61. The van der Waals surface area contributed by atoms with Gasteiger partial charge in [-0.1, -0.05) is 27.7 Å². The van der Waals surface area contributed by atoms with Gasteiger partial charge in [-0.3, -0.25) is 0 Å². The predicted molar refractivity (Wildman–Crippen MR) is 36.6 cm³/mol. The van der Waals surface area contributed by atoms with E-state index in [9.17, 15) is 0 Å². The summed E-state index contributed by atoms with van der Waals surface area (Å²) in [6.45, 7) is 10.3. The molecule has 1 radical (unpaired) electrons. The molecule has 0 unspecified atom stereocenters. The summed E-state index contributed by atoms with van der Waals surface area (Å²) < 4.78 is 0. The molecular formula is C6H14Na. The van der Waals surface area contributed by atoms with E-state index in [0.717, 1.165) is 6.42 Å². The first-order valence-electron chi connectivity index (χ1n) is 2.35. The fraction of sp³-hybridized carbons (Fsp3) is 0.833. The molecule has 0 saturated carbocycles. The second-order valence-corrected chi connectivity index (χ2v) is 2.81. The van der Waals surface area contributed by atoms with Crippen LogP contribution in [0.4, 0.5) is 0 Å². The molecule has 0 heterocycles. The van der Waals surface area contributed by atoms with Gasteiger partial charge in [0.15, 0.2) is 0 Å². The van der Waals surface area contributed by atoms with Gasteiger partial charge in [0.1, 0.15) is 0 Å². The normalized spacial score (nSPS) is 10.3. The molecule has 0 aromatic heterocycles. The van der Waals surface area contributed by atoms with Crippen molar-refractivity contribution in [1.29, 1.82) is 0 Å². The fourth-order valence-electron chi connectivity index (χ4n) is 0. The third kappa shape index (κ3) is 10.9. The molecule has 0 saturated heterocycles. The third-order valence-electron chi connectivity index (χ3n) is 0.750. The molecule has 7 heavy (non-hydrogen) atoms. The van der Waals surface area contributed by atoms with Gasteiger partial charge in [0.05, 0.1) is 0 Å². The van der Waals surface area contributed by atoms with Crippen LogP contribution in [0.3, 0.4) is 0 Å². The maximum atomic E-state index is 3.76. The Morgan fingerprint density at radius 3 is 1.43 bits per heavy atom. The van der Waals surface area contributed by atoms with E-state index < -0.39 is 0 Å². The van der Waals surface area contributed by atoms with Gasteiger partial charge < -0.3 is 0 Å². The Morgan fingerprint density at radius 1 is 1.29 bits per heavy atom. The summed E-state index contributed by atoms with van der Waals surface area (Å²) in [5.74, 6) is 0. The van der Waals surface area contributed by atoms with Crippen LogP contribution in [0, 0.1) is 12.3 Å². The Balaban J connectivity index is 0. The topological polar surface area (TPSA) is 0 Å². The molecule has 0 bridgehead atoms. The molecule has 0 aromatic carbocycles. The van der Waals surface area contributed by atoms with Gasteiger partial charge in [0.2, 0.25) is 0 Å². The molecular weight excluding hydrogens is 95.1 g/mol. The minimum atomic E-state index is 0. The van der Waals surface area contributed by atoms with Crippen LogP contribution in [0.5, 0.6) is 0 Å². The molecule has 0 fully saturated rings. The molecule has 0 N–H and O–H groups in total. The molecule has 1 heteroatoms. The van der Waals surface area contributed by atoms with Crippen molar-refractivity contribution in [3.63, 3.8) is 0 Å². The van der Waals surface area contributed by atoms with Crippen molar-refractivity contribution >= 4 is 29.6 Å². The molecule has 0 atom stereocenters. The van der Waals surface area contributed by atoms with E-state index in [2.05, 4.69) is 27.7 Å². The number of hydrogen-bond acceptors (Lipinski definition) is 0. The van der Waals surface area contributed by atoms with E-state index in [1.807, 2.05) is 0 Å². The van der Waals surface area contributed by atoms with Gasteiger partial charge >= 0.3 is 29.6 Å². The van der Waals surface area contributed by atoms with Crippen molar-refractivity contribution in [2.75, 3.05) is 0 Å². The van der Waals surface area contributed by atoms with Crippen molar-refractivity contribution in [1.82, 2.24) is 0 Å². The second-order valence-electron chi connectivity index (χ2n) is 2.81. The molecule has 0 nitrogen and oxygen atoms in total. The average Bonchev–Trinajstić information content (AvgIpc) is 1.35. The van der Waals surface area contributed by atoms with E-state index in [0.29, 0.717) is 5.41 Å². The standard InChI is InChI=1S/C6H13.Na.H/c1-5-6(2,3)4;;/h1,5H2,2-4H3;;. The zero-order chi connectivity index (χ0) is 5.21. The molecule has 39 valence electrons. The monoisotopic (exact) mass is 109 g/mol. The SMILES string of the molecule is [CH2]CC(C)(C)C.[NaH]. The van der Waals surface area contributed by atoms with Crippen LogP contribution >= 0.6 is 0 Å².